The molecule has 1 heterocycles. The quantitative estimate of drug-likeness (QED) is 0.522. The Morgan fingerprint density at radius 2 is 1.71 bits per heavy atom. The van der Waals surface area contributed by atoms with Gasteiger partial charge in [0.1, 0.15) is 0 Å². The van der Waals surface area contributed by atoms with Gasteiger partial charge in [-0.2, -0.15) is 0 Å². The van der Waals surface area contributed by atoms with Crippen molar-refractivity contribution in [3.63, 3.8) is 0 Å². The molecule has 4 fully saturated rings. The van der Waals surface area contributed by atoms with Gasteiger partial charge in [0.25, 0.3) is 0 Å². The Morgan fingerprint density at radius 1 is 1.11 bits per heavy atom. The second-order valence-electron chi connectivity index (χ2n) is 9.45. The zero-order valence-electron chi connectivity index (χ0n) is 17.6. The summed E-state index contributed by atoms with van der Waals surface area (Å²) in [4.78, 5) is 25.6. The first-order chi connectivity index (χ1) is 13.4. The van der Waals surface area contributed by atoms with Crippen LogP contribution < -0.4 is 0 Å². The standard InChI is InChI=1S/C23H33NO4/c1-13-5-20(15(3)24(13)14(2)11-27-4)21(25)12-28-23(26)22-18-7-16-6-17(9-18)10-19(22)8-16/h5,14,16-19,22H,6-12H2,1-4H3/t14-,16?,17?,18?,19?,22?/m0/s1. The number of ether oxygens (including phenoxy) is 2. The molecule has 5 nitrogen and oxygen atoms in total. The van der Waals surface area contributed by atoms with Gasteiger partial charge in [-0.1, -0.05) is 0 Å². The highest BCUT2D eigenvalue weighted by molar-refractivity contribution is 5.99. The number of nitrogens with zero attached hydrogens (tertiary/aromatic N) is 1. The smallest absolute Gasteiger partial charge is 0.309 e. The van der Waals surface area contributed by atoms with E-state index in [0.717, 1.165) is 23.2 Å². The van der Waals surface area contributed by atoms with Gasteiger partial charge >= 0.3 is 5.97 Å². The summed E-state index contributed by atoms with van der Waals surface area (Å²) in [6.45, 7) is 6.46. The minimum Gasteiger partial charge on any atom is -0.457 e. The van der Waals surface area contributed by atoms with Crippen LogP contribution in [0.25, 0.3) is 0 Å². The zero-order chi connectivity index (χ0) is 20.0. The molecule has 0 spiro atoms. The molecule has 1 aromatic heterocycles. The number of esters is 1. The van der Waals surface area contributed by atoms with Crippen LogP contribution in [0.15, 0.2) is 6.07 Å². The fraction of sp³-hybridized carbons (Fsp3) is 0.739. The van der Waals surface area contributed by atoms with Crippen LogP contribution in [-0.2, 0) is 14.3 Å². The van der Waals surface area contributed by atoms with Crippen molar-refractivity contribution in [1.29, 1.82) is 0 Å². The SMILES string of the molecule is COC[C@H](C)n1c(C)cc(C(=O)COC(=O)C2C3CC4CC(C3)CC2C4)c1C. The lowest BCUT2D eigenvalue weighted by molar-refractivity contribution is -0.161. The normalized spacial score (nSPS) is 31.8. The first kappa shape index (κ1) is 19.7. The molecule has 4 aliphatic rings. The summed E-state index contributed by atoms with van der Waals surface area (Å²) in [6, 6.07) is 2.06. The lowest BCUT2D eigenvalue weighted by Gasteiger charge is -2.53. The maximum absolute atomic E-state index is 12.8. The number of carbonyl (C=O) groups is 2. The van der Waals surface area contributed by atoms with Crippen molar-refractivity contribution in [1.82, 2.24) is 4.57 Å². The highest BCUT2D eigenvalue weighted by Crippen LogP contribution is 2.56. The number of hydrogen-bond donors (Lipinski definition) is 0. The number of aromatic nitrogens is 1. The van der Waals surface area contributed by atoms with Crippen LogP contribution >= 0.6 is 0 Å². The fourth-order valence-electron chi connectivity index (χ4n) is 6.67. The molecule has 5 heteroatoms. The van der Waals surface area contributed by atoms with Crippen LogP contribution in [0.2, 0.25) is 0 Å². The predicted molar refractivity (Wildman–Crippen MR) is 106 cm³/mol. The number of Topliss-reactive ketones (excluding diaryl/α,β-unsaturated/α-hetero) is 1. The second kappa shape index (κ2) is 7.66. The van der Waals surface area contributed by atoms with E-state index in [4.69, 9.17) is 9.47 Å². The number of methoxy groups -OCH3 is 1. The first-order valence-corrected chi connectivity index (χ1v) is 10.8. The maximum atomic E-state index is 12.8. The van der Waals surface area contributed by atoms with E-state index >= 15 is 0 Å². The average molecular weight is 388 g/mol. The molecule has 4 aliphatic carbocycles. The molecule has 4 saturated carbocycles. The van der Waals surface area contributed by atoms with Gasteiger partial charge in [0.15, 0.2) is 6.61 Å². The predicted octanol–water partition coefficient (Wildman–Crippen LogP) is 4.11. The van der Waals surface area contributed by atoms with Crippen LogP contribution in [-0.4, -0.2) is 36.6 Å². The van der Waals surface area contributed by atoms with Crippen molar-refractivity contribution in [2.75, 3.05) is 20.3 Å². The molecule has 0 unspecified atom stereocenters. The van der Waals surface area contributed by atoms with Crippen LogP contribution in [0.5, 0.6) is 0 Å². The van der Waals surface area contributed by atoms with Gasteiger partial charge < -0.3 is 14.0 Å². The Kier molecular flexibility index (Phi) is 5.38. The van der Waals surface area contributed by atoms with Crippen LogP contribution in [0, 0.1) is 43.4 Å². The molecule has 4 bridgehead atoms. The third-order valence-electron chi connectivity index (χ3n) is 7.48. The Hall–Kier alpha value is -1.62. The van der Waals surface area contributed by atoms with E-state index in [9.17, 15) is 9.59 Å². The lowest BCUT2D eigenvalue weighted by Crippen LogP contribution is -2.48. The van der Waals surface area contributed by atoms with Crippen molar-refractivity contribution < 1.29 is 19.1 Å². The molecule has 28 heavy (non-hydrogen) atoms. The molecule has 0 saturated heterocycles. The summed E-state index contributed by atoms with van der Waals surface area (Å²) in [6.07, 6.45) is 6.08. The molecule has 0 N–H and O–H groups in total. The van der Waals surface area contributed by atoms with Gasteiger partial charge in [-0.15, -0.1) is 0 Å². The van der Waals surface area contributed by atoms with E-state index in [1.165, 1.54) is 32.1 Å². The van der Waals surface area contributed by atoms with Crippen molar-refractivity contribution >= 4 is 11.8 Å². The van der Waals surface area contributed by atoms with Gasteiger partial charge in [-0.05, 0) is 82.6 Å². The number of aryl methyl sites for hydroxylation is 1. The number of ketones is 1. The largest absolute Gasteiger partial charge is 0.457 e. The minimum atomic E-state index is -0.148. The van der Waals surface area contributed by atoms with Crippen molar-refractivity contribution in [3.8, 4) is 0 Å². The van der Waals surface area contributed by atoms with Gasteiger partial charge in [0, 0.05) is 24.1 Å². The topological polar surface area (TPSA) is 57.5 Å². The summed E-state index contributed by atoms with van der Waals surface area (Å²) in [5.41, 5.74) is 2.59. The molecule has 1 aromatic rings. The molecular formula is C23H33NO4. The molecule has 0 amide bonds. The average Bonchev–Trinajstić information content (AvgIpc) is 2.93. The summed E-state index contributed by atoms with van der Waals surface area (Å²) >= 11 is 0. The summed E-state index contributed by atoms with van der Waals surface area (Å²) in [7, 11) is 1.68. The Balaban J connectivity index is 1.40. The number of hydrogen-bond acceptors (Lipinski definition) is 4. The van der Waals surface area contributed by atoms with Gasteiger partial charge in [0.05, 0.1) is 18.6 Å². The van der Waals surface area contributed by atoms with E-state index in [0.29, 0.717) is 24.0 Å². The van der Waals surface area contributed by atoms with Gasteiger partial charge in [0.2, 0.25) is 5.78 Å². The second-order valence-corrected chi connectivity index (χ2v) is 9.45. The minimum absolute atomic E-state index is 0.0229. The van der Waals surface area contributed by atoms with Crippen molar-refractivity contribution in [2.45, 2.75) is 58.9 Å². The van der Waals surface area contributed by atoms with Crippen LogP contribution in [0.4, 0.5) is 0 Å². The number of rotatable bonds is 7. The molecule has 0 radical (unpaired) electrons. The lowest BCUT2D eigenvalue weighted by atomic mass is 9.52. The zero-order valence-corrected chi connectivity index (χ0v) is 17.6. The molecule has 0 aliphatic heterocycles. The number of carbonyl (C=O) groups excluding carboxylic acids is 2. The Morgan fingerprint density at radius 3 is 2.29 bits per heavy atom. The highest BCUT2D eigenvalue weighted by Gasteiger charge is 2.51. The highest BCUT2D eigenvalue weighted by atomic mass is 16.5. The monoisotopic (exact) mass is 387 g/mol. The van der Waals surface area contributed by atoms with Crippen molar-refractivity contribution in [2.24, 2.45) is 29.6 Å². The van der Waals surface area contributed by atoms with E-state index in [2.05, 4.69) is 11.5 Å². The van der Waals surface area contributed by atoms with E-state index in [1.807, 2.05) is 19.9 Å². The van der Waals surface area contributed by atoms with E-state index in [1.54, 1.807) is 7.11 Å². The van der Waals surface area contributed by atoms with Gasteiger partial charge in [-0.3, -0.25) is 9.59 Å². The fourth-order valence-corrected chi connectivity index (χ4v) is 6.67. The Labute approximate surface area is 167 Å². The van der Waals surface area contributed by atoms with Crippen LogP contribution in [0.1, 0.15) is 66.8 Å². The molecular weight excluding hydrogens is 354 g/mol. The van der Waals surface area contributed by atoms with Crippen molar-refractivity contribution in [3.05, 3.63) is 23.0 Å². The summed E-state index contributed by atoms with van der Waals surface area (Å²) in [5.74, 6) is 2.40. The maximum Gasteiger partial charge on any atom is 0.309 e. The molecule has 5 rings (SSSR count). The third-order valence-corrected chi connectivity index (χ3v) is 7.48. The Bertz CT molecular complexity index is 737. The molecule has 0 aromatic carbocycles. The summed E-state index contributed by atoms with van der Waals surface area (Å²) < 4.78 is 13.0. The van der Waals surface area contributed by atoms with E-state index in [-0.39, 0.29) is 30.3 Å². The third kappa shape index (κ3) is 3.42. The summed E-state index contributed by atoms with van der Waals surface area (Å²) in [5, 5.41) is 0. The first-order valence-electron chi connectivity index (χ1n) is 10.8. The van der Waals surface area contributed by atoms with E-state index < -0.39 is 0 Å². The molecule has 1 atom stereocenters. The van der Waals surface area contributed by atoms with Gasteiger partial charge in [-0.25, -0.2) is 0 Å². The van der Waals surface area contributed by atoms with Crippen LogP contribution in [0.3, 0.4) is 0 Å². The molecule has 154 valence electrons.